The second kappa shape index (κ2) is 18.1. The number of benzene rings is 2. The number of esters is 1. The summed E-state index contributed by atoms with van der Waals surface area (Å²) in [5, 5.41) is 0. The molecule has 0 aromatic heterocycles. The number of halogens is 1. The normalized spacial score (nSPS) is 17.2. The largest absolute Gasteiger partial charge is 0.494 e. The first-order valence-electron chi connectivity index (χ1n) is 15.8. The topological polar surface area (TPSA) is 35.5 Å². The third kappa shape index (κ3) is 11.7. The van der Waals surface area contributed by atoms with Gasteiger partial charge in [-0.3, -0.25) is 0 Å². The Labute approximate surface area is 236 Å². The predicted molar refractivity (Wildman–Crippen MR) is 159 cm³/mol. The number of aryl methyl sites for hydroxylation is 1. The first-order valence-corrected chi connectivity index (χ1v) is 15.8. The maximum absolute atomic E-state index is 14.5. The number of unbranched alkanes of at least 4 members (excludes halogenated alkanes) is 7. The molecular weight excluding hydrogens is 487 g/mol. The van der Waals surface area contributed by atoms with Crippen LogP contribution in [-0.2, 0) is 6.42 Å². The third-order valence-electron chi connectivity index (χ3n) is 8.33. The highest BCUT2D eigenvalue weighted by atomic mass is 19.1. The fourth-order valence-electron chi connectivity index (χ4n) is 5.80. The van der Waals surface area contributed by atoms with Crippen LogP contribution in [0.15, 0.2) is 42.5 Å². The summed E-state index contributed by atoms with van der Waals surface area (Å²) >= 11 is 0. The van der Waals surface area contributed by atoms with Gasteiger partial charge in [0.1, 0.15) is 17.3 Å². The zero-order valence-electron chi connectivity index (χ0n) is 24.5. The number of rotatable bonds is 18. The van der Waals surface area contributed by atoms with Gasteiger partial charge in [-0.2, -0.15) is 0 Å². The Morgan fingerprint density at radius 1 is 0.744 bits per heavy atom. The molecule has 0 unspecified atom stereocenters. The van der Waals surface area contributed by atoms with Crippen LogP contribution < -0.4 is 9.47 Å². The SMILES string of the molecule is CCCCCCCCc1ccc(OC(=O)c2ccc(OCCC[C@H]3CC[C@H](CCCCC)CC3)cc2)cc1F. The molecule has 0 heterocycles. The van der Waals surface area contributed by atoms with Crippen LogP contribution >= 0.6 is 0 Å². The van der Waals surface area contributed by atoms with Crippen molar-refractivity contribution in [3.63, 3.8) is 0 Å². The lowest BCUT2D eigenvalue weighted by Crippen LogP contribution is -2.15. The fourth-order valence-corrected chi connectivity index (χ4v) is 5.80. The zero-order chi connectivity index (χ0) is 27.7. The molecule has 2 aromatic carbocycles. The Morgan fingerprint density at radius 3 is 2.00 bits per heavy atom. The van der Waals surface area contributed by atoms with Crippen LogP contribution in [0.25, 0.3) is 0 Å². The molecule has 2 aromatic rings. The van der Waals surface area contributed by atoms with Gasteiger partial charge in [-0.25, -0.2) is 9.18 Å². The van der Waals surface area contributed by atoms with Gasteiger partial charge in [-0.1, -0.05) is 103 Å². The average molecular weight is 539 g/mol. The summed E-state index contributed by atoms with van der Waals surface area (Å²) in [6.07, 6.45) is 21.2. The molecule has 3 rings (SSSR count). The number of hydrogen-bond acceptors (Lipinski definition) is 3. The second-order valence-electron chi connectivity index (χ2n) is 11.6. The minimum atomic E-state index is -0.491. The van der Waals surface area contributed by atoms with E-state index in [1.165, 1.54) is 89.5 Å². The summed E-state index contributed by atoms with van der Waals surface area (Å²) in [7, 11) is 0. The second-order valence-corrected chi connectivity index (χ2v) is 11.6. The Hall–Kier alpha value is -2.36. The predicted octanol–water partition coefficient (Wildman–Crippen LogP) is 10.5. The molecule has 0 amide bonds. The van der Waals surface area contributed by atoms with Crippen molar-refractivity contribution in [1.29, 1.82) is 0 Å². The summed E-state index contributed by atoms with van der Waals surface area (Å²) < 4.78 is 25.9. The van der Waals surface area contributed by atoms with Gasteiger partial charge in [0.2, 0.25) is 0 Å². The zero-order valence-corrected chi connectivity index (χ0v) is 24.5. The minimum absolute atomic E-state index is 0.236. The van der Waals surface area contributed by atoms with E-state index in [0.717, 1.165) is 36.8 Å². The van der Waals surface area contributed by atoms with Crippen molar-refractivity contribution in [3.8, 4) is 11.5 Å². The van der Waals surface area contributed by atoms with Gasteiger partial charge in [0.15, 0.2) is 0 Å². The number of carbonyl (C=O) groups is 1. The number of ether oxygens (including phenoxy) is 2. The molecule has 0 aliphatic heterocycles. The van der Waals surface area contributed by atoms with E-state index in [0.29, 0.717) is 24.2 Å². The van der Waals surface area contributed by atoms with Gasteiger partial charge in [-0.15, -0.1) is 0 Å². The maximum atomic E-state index is 14.5. The molecular formula is C35H51FO3. The molecule has 0 bridgehead atoms. The smallest absolute Gasteiger partial charge is 0.343 e. The number of hydrogen-bond donors (Lipinski definition) is 0. The van der Waals surface area contributed by atoms with Gasteiger partial charge in [-0.05, 0) is 73.4 Å². The summed E-state index contributed by atoms with van der Waals surface area (Å²) in [6.45, 7) is 5.18. The van der Waals surface area contributed by atoms with E-state index in [4.69, 9.17) is 9.47 Å². The van der Waals surface area contributed by atoms with Crippen molar-refractivity contribution < 1.29 is 18.7 Å². The van der Waals surface area contributed by atoms with Crippen molar-refractivity contribution in [2.45, 2.75) is 123 Å². The van der Waals surface area contributed by atoms with E-state index in [1.807, 2.05) is 12.1 Å². The molecule has 216 valence electrons. The molecule has 0 radical (unpaired) electrons. The summed E-state index contributed by atoms with van der Waals surface area (Å²) in [5.74, 6) is 2.01. The quantitative estimate of drug-likeness (QED) is 0.108. The summed E-state index contributed by atoms with van der Waals surface area (Å²) in [5.41, 5.74) is 1.11. The average Bonchev–Trinajstić information content (AvgIpc) is 2.95. The fraction of sp³-hybridized carbons (Fsp3) is 0.629. The van der Waals surface area contributed by atoms with Crippen LogP contribution in [0.2, 0.25) is 0 Å². The van der Waals surface area contributed by atoms with E-state index in [9.17, 15) is 9.18 Å². The Kier molecular flexibility index (Phi) is 14.4. The lowest BCUT2D eigenvalue weighted by molar-refractivity contribution is 0.0734. The van der Waals surface area contributed by atoms with Crippen LogP contribution in [0.4, 0.5) is 4.39 Å². The first-order chi connectivity index (χ1) is 19.1. The first kappa shape index (κ1) is 31.2. The van der Waals surface area contributed by atoms with Gasteiger partial charge < -0.3 is 9.47 Å². The van der Waals surface area contributed by atoms with Crippen LogP contribution in [-0.4, -0.2) is 12.6 Å². The molecule has 1 aliphatic rings. The maximum Gasteiger partial charge on any atom is 0.343 e. The van der Waals surface area contributed by atoms with Gasteiger partial charge in [0, 0.05) is 6.07 Å². The van der Waals surface area contributed by atoms with E-state index >= 15 is 0 Å². The molecule has 1 fully saturated rings. The molecule has 39 heavy (non-hydrogen) atoms. The lowest BCUT2D eigenvalue weighted by atomic mass is 9.78. The van der Waals surface area contributed by atoms with E-state index in [-0.39, 0.29) is 11.6 Å². The Morgan fingerprint density at radius 2 is 1.33 bits per heavy atom. The van der Waals surface area contributed by atoms with E-state index in [1.54, 1.807) is 24.3 Å². The number of carbonyl (C=O) groups excluding carboxylic acids is 1. The molecule has 1 aliphatic carbocycles. The van der Waals surface area contributed by atoms with Gasteiger partial charge in [0.25, 0.3) is 0 Å². The molecule has 1 saturated carbocycles. The molecule has 0 saturated heterocycles. The lowest BCUT2D eigenvalue weighted by Gasteiger charge is -2.28. The summed E-state index contributed by atoms with van der Waals surface area (Å²) in [6, 6.07) is 11.8. The van der Waals surface area contributed by atoms with Crippen LogP contribution in [0.1, 0.15) is 133 Å². The molecule has 3 nitrogen and oxygen atoms in total. The highest BCUT2D eigenvalue weighted by molar-refractivity contribution is 5.91. The molecule has 4 heteroatoms. The van der Waals surface area contributed by atoms with Gasteiger partial charge in [0.05, 0.1) is 12.2 Å². The molecule has 0 spiro atoms. The van der Waals surface area contributed by atoms with E-state index in [2.05, 4.69) is 13.8 Å². The van der Waals surface area contributed by atoms with Crippen LogP contribution in [0.3, 0.4) is 0 Å². The van der Waals surface area contributed by atoms with Crippen LogP contribution in [0.5, 0.6) is 11.5 Å². The van der Waals surface area contributed by atoms with Crippen molar-refractivity contribution in [2.24, 2.45) is 11.8 Å². The summed E-state index contributed by atoms with van der Waals surface area (Å²) in [4.78, 5) is 12.6. The molecule has 0 atom stereocenters. The minimum Gasteiger partial charge on any atom is -0.494 e. The highest BCUT2D eigenvalue weighted by Crippen LogP contribution is 2.34. The molecule has 0 N–H and O–H groups in total. The highest BCUT2D eigenvalue weighted by Gasteiger charge is 2.20. The van der Waals surface area contributed by atoms with Crippen molar-refractivity contribution in [3.05, 3.63) is 59.4 Å². The monoisotopic (exact) mass is 538 g/mol. The standard InChI is InChI=1S/C35H51FO3/c1-3-5-7-8-9-11-15-30-20-25-33(27-34(30)36)39-35(37)31-21-23-32(24-22-31)38-26-12-14-29-18-16-28(17-19-29)13-10-6-4-2/h20-25,27-29H,3-19,26H2,1-2H3/t28-,29-. The van der Waals surface area contributed by atoms with Crippen molar-refractivity contribution >= 4 is 5.97 Å². The van der Waals surface area contributed by atoms with Crippen molar-refractivity contribution in [1.82, 2.24) is 0 Å². The van der Waals surface area contributed by atoms with E-state index < -0.39 is 5.97 Å². The van der Waals surface area contributed by atoms with Gasteiger partial charge >= 0.3 is 5.97 Å². The Balaban J connectivity index is 1.32. The van der Waals surface area contributed by atoms with Crippen molar-refractivity contribution in [2.75, 3.05) is 6.61 Å². The van der Waals surface area contributed by atoms with Crippen LogP contribution in [0, 0.1) is 17.7 Å². The Bertz CT molecular complexity index is 947. The third-order valence-corrected chi connectivity index (χ3v) is 8.33.